The molecule has 2 rings (SSSR count). The summed E-state index contributed by atoms with van der Waals surface area (Å²) in [4.78, 5) is 3.84. The van der Waals surface area contributed by atoms with Crippen molar-refractivity contribution in [2.45, 2.75) is 6.54 Å². The van der Waals surface area contributed by atoms with Gasteiger partial charge in [-0.1, -0.05) is 11.6 Å². The van der Waals surface area contributed by atoms with Crippen LogP contribution in [0.3, 0.4) is 0 Å². The maximum absolute atomic E-state index is 6.00. The first-order chi connectivity index (χ1) is 8.29. The summed E-state index contributed by atoms with van der Waals surface area (Å²) in [7, 11) is 1.60. The highest BCUT2D eigenvalue weighted by molar-refractivity contribution is 6.32. The molecule has 0 unspecified atom stereocenters. The summed E-state index contributed by atoms with van der Waals surface area (Å²) in [5, 5.41) is 4.53. The fourth-order valence-corrected chi connectivity index (χ4v) is 1.49. The van der Waals surface area contributed by atoms with Gasteiger partial charge in [0.1, 0.15) is 30.8 Å². The van der Waals surface area contributed by atoms with Crippen LogP contribution in [0.4, 0.5) is 0 Å². The highest BCUT2D eigenvalue weighted by atomic mass is 35.5. The van der Waals surface area contributed by atoms with E-state index in [0.29, 0.717) is 29.7 Å². The standard InChI is InChI=1S/C11H12ClN3O2/c1-16-9-2-3-10(12)11(6-9)17-5-4-15-8-13-7-14-15/h2-3,6-8H,4-5H2,1H3. The maximum atomic E-state index is 6.00. The van der Waals surface area contributed by atoms with Crippen molar-refractivity contribution >= 4 is 11.6 Å². The lowest BCUT2D eigenvalue weighted by Crippen LogP contribution is -2.08. The third-order valence-electron chi connectivity index (χ3n) is 2.18. The van der Waals surface area contributed by atoms with Crippen molar-refractivity contribution in [2.75, 3.05) is 13.7 Å². The Bertz CT molecular complexity index is 474. The largest absolute Gasteiger partial charge is 0.497 e. The van der Waals surface area contributed by atoms with Gasteiger partial charge in [0.05, 0.1) is 18.7 Å². The van der Waals surface area contributed by atoms with E-state index in [4.69, 9.17) is 21.1 Å². The molecular weight excluding hydrogens is 242 g/mol. The zero-order chi connectivity index (χ0) is 12.1. The molecule has 1 aromatic heterocycles. The van der Waals surface area contributed by atoms with Crippen LogP contribution in [-0.2, 0) is 6.54 Å². The number of ether oxygens (including phenoxy) is 2. The number of rotatable bonds is 5. The van der Waals surface area contributed by atoms with Gasteiger partial charge in [-0.3, -0.25) is 0 Å². The first-order valence-electron chi connectivity index (χ1n) is 5.08. The number of halogens is 1. The van der Waals surface area contributed by atoms with Gasteiger partial charge in [0.2, 0.25) is 0 Å². The van der Waals surface area contributed by atoms with Crippen LogP contribution in [0.25, 0.3) is 0 Å². The number of aromatic nitrogens is 3. The van der Waals surface area contributed by atoms with E-state index in [1.54, 1.807) is 36.3 Å². The van der Waals surface area contributed by atoms with Crippen molar-refractivity contribution in [1.82, 2.24) is 14.8 Å². The van der Waals surface area contributed by atoms with Crippen LogP contribution in [0.2, 0.25) is 5.02 Å². The van der Waals surface area contributed by atoms with Crippen molar-refractivity contribution in [3.63, 3.8) is 0 Å². The monoisotopic (exact) mass is 253 g/mol. The van der Waals surface area contributed by atoms with E-state index in [0.717, 1.165) is 0 Å². The molecule has 0 aliphatic heterocycles. The van der Waals surface area contributed by atoms with Crippen molar-refractivity contribution in [3.05, 3.63) is 35.9 Å². The minimum Gasteiger partial charge on any atom is -0.497 e. The van der Waals surface area contributed by atoms with Gasteiger partial charge in [-0.15, -0.1) is 0 Å². The molecule has 17 heavy (non-hydrogen) atoms. The second-order valence-electron chi connectivity index (χ2n) is 3.30. The average molecular weight is 254 g/mol. The molecule has 0 N–H and O–H groups in total. The summed E-state index contributed by atoms with van der Waals surface area (Å²) < 4.78 is 12.3. The van der Waals surface area contributed by atoms with E-state index < -0.39 is 0 Å². The predicted octanol–water partition coefficient (Wildman–Crippen LogP) is 2.02. The highest BCUT2D eigenvalue weighted by Gasteiger charge is 2.03. The quantitative estimate of drug-likeness (QED) is 0.818. The van der Waals surface area contributed by atoms with Gasteiger partial charge < -0.3 is 9.47 Å². The molecule has 0 fully saturated rings. The van der Waals surface area contributed by atoms with Gasteiger partial charge in [-0.2, -0.15) is 5.10 Å². The molecule has 1 heterocycles. The van der Waals surface area contributed by atoms with Crippen molar-refractivity contribution < 1.29 is 9.47 Å². The maximum Gasteiger partial charge on any atom is 0.141 e. The van der Waals surface area contributed by atoms with Crippen LogP contribution in [0, 0.1) is 0 Å². The molecule has 0 bridgehead atoms. The lowest BCUT2D eigenvalue weighted by molar-refractivity contribution is 0.289. The minimum absolute atomic E-state index is 0.468. The number of nitrogens with zero attached hydrogens (tertiary/aromatic N) is 3. The van der Waals surface area contributed by atoms with Crippen molar-refractivity contribution in [1.29, 1.82) is 0 Å². The topological polar surface area (TPSA) is 49.2 Å². The molecule has 0 aliphatic rings. The fraction of sp³-hybridized carbons (Fsp3) is 0.273. The van der Waals surface area contributed by atoms with E-state index in [1.807, 2.05) is 0 Å². The zero-order valence-electron chi connectivity index (χ0n) is 9.34. The number of benzene rings is 1. The Morgan fingerprint density at radius 1 is 1.41 bits per heavy atom. The third-order valence-corrected chi connectivity index (χ3v) is 2.50. The lowest BCUT2D eigenvalue weighted by atomic mass is 10.3. The van der Waals surface area contributed by atoms with Crippen LogP contribution in [0.1, 0.15) is 0 Å². The summed E-state index contributed by atoms with van der Waals surface area (Å²) in [6.45, 7) is 1.09. The Balaban J connectivity index is 1.94. The second-order valence-corrected chi connectivity index (χ2v) is 3.71. The molecule has 1 aromatic carbocycles. The van der Waals surface area contributed by atoms with E-state index in [1.165, 1.54) is 6.33 Å². The van der Waals surface area contributed by atoms with Gasteiger partial charge in [0.25, 0.3) is 0 Å². The van der Waals surface area contributed by atoms with E-state index >= 15 is 0 Å². The third kappa shape index (κ3) is 3.10. The van der Waals surface area contributed by atoms with Crippen LogP contribution >= 0.6 is 11.6 Å². The molecule has 0 saturated heterocycles. The molecule has 0 radical (unpaired) electrons. The normalized spacial score (nSPS) is 10.2. The predicted molar refractivity (Wildman–Crippen MR) is 63.5 cm³/mol. The molecule has 0 spiro atoms. The van der Waals surface area contributed by atoms with E-state index in [9.17, 15) is 0 Å². The summed E-state index contributed by atoms with van der Waals surface area (Å²) in [5.74, 6) is 1.32. The van der Waals surface area contributed by atoms with Gasteiger partial charge in [-0.05, 0) is 12.1 Å². The molecule has 2 aromatic rings. The van der Waals surface area contributed by atoms with Crippen LogP contribution in [0.15, 0.2) is 30.9 Å². The summed E-state index contributed by atoms with van der Waals surface area (Å²) >= 11 is 6.00. The van der Waals surface area contributed by atoms with Gasteiger partial charge in [0.15, 0.2) is 0 Å². The summed E-state index contributed by atoms with van der Waals surface area (Å²) in [6.07, 6.45) is 3.12. The number of hydrogen-bond donors (Lipinski definition) is 0. The van der Waals surface area contributed by atoms with Gasteiger partial charge in [-0.25, -0.2) is 9.67 Å². The molecule has 0 atom stereocenters. The number of hydrogen-bond acceptors (Lipinski definition) is 4. The Morgan fingerprint density at radius 3 is 3.00 bits per heavy atom. The molecule has 0 saturated carbocycles. The molecule has 6 heteroatoms. The zero-order valence-corrected chi connectivity index (χ0v) is 10.1. The SMILES string of the molecule is COc1ccc(Cl)c(OCCn2cncn2)c1. The van der Waals surface area contributed by atoms with Crippen molar-refractivity contribution in [3.8, 4) is 11.5 Å². The summed E-state index contributed by atoms with van der Waals surface area (Å²) in [5.41, 5.74) is 0. The first kappa shape index (κ1) is 11.7. The fourth-order valence-electron chi connectivity index (χ4n) is 1.32. The molecular formula is C11H12ClN3O2. The Hall–Kier alpha value is -1.75. The molecule has 0 amide bonds. The minimum atomic E-state index is 0.468. The van der Waals surface area contributed by atoms with E-state index in [-0.39, 0.29) is 0 Å². The summed E-state index contributed by atoms with van der Waals surface area (Å²) in [6, 6.07) is 5.28. The van der Waals surface area contributed by atoms with Crippen LogP contribution in [-0.4, -0.2) is 28.5 Å². The molecule has 90 valence electrons. The average Bonchev–Trinajstić information content (AvgIpc) is 2.84. The highest BCUT2D eigenvalue weighted by Crippen LogP contribution is 2.28. The van der Waals surface area contributed by atoms with Gasteiger partial charge in [0, 0.05) is 6.07 Å². The molecule has 0 aliphatic carbocycles. The number of methoxy groups -OCH3 is 1. The van der Waals surface area contributed by atoms with Crippen LogP contribution < -0.4 is 9.47 Å². The van der Waals surface area contributed by atoms with E-state index in [2.05, 4.69) is 10.1 Å². The smallest absolute Gasteiger partial charge is 0.141 e. The Kier molecular flexibility index (Phi) is 3.82. The second kappa shape index (κ2) is 5.54. The molecule has 5 nitrogen and oxygen atoms in total. The Labute approximate surface area is 104 Å². The lowest BCUT2D eigenvalue weighted by Gasteiger charge is -2.09. The van der Waals surface area contributed by atoms with Gasteiger partial charge >= 0.3 is 0 Å². The van der Waals surface area contributed by atoms with Crippen molar-refractivity contribution in [2.24, 2.45) is 0 Å². The van der Waals surface area contributed by atoms with Crippen LogP contribution in [0.5, 0.6) is 11.5 Å². The Morgan fingerprint density at radius 2 is 2.29 bits per heavy atom. The first-order valence-corrected chi connectivity index (χ1v) is 5.46.